The van der Waals surface area contributed by atoms with E-state index in [1.165, 1.54) is 0 Å². The van der Waals surface area contributed by atoms with E-state index in [9.17, 15) is 4.79 Å². The molecule has 152 valence electrons. The smallest absolute Gasteiger partial charge is 0.410 e. The summed E-state index contributed by atoms with van der Waals surface area (Å²) in [5.74, 6) is 1.85. The Hall–Kier alpha value is -2.61. The van der Waals surface area contributed by atoms with Crippen LogP contribution in [0.5, 0.6) is 0 Å². The maximum atomic E-state index is 12.5. The molecule has 1 saturated heterocycles. The molecule has 3 aromatic rings. The monoisotopic (exact) mass is 458 g/mol. The molecule has 2 aromatic heterocycles. The Morgan fingerprint density at radius 3 is 2.90 bits per heavy atom. The standard InChI is InChI=1S/C21H23BrN4O3/c1-21(2,3)29-20(27)26-9-5-8-16(26)18-23-11-15(25-18)19-24-12-17(28-19)13-6-4-7-14(22)10-13/h4,6-7,10-12,16H,5,8-9H2,1-3H3,(H,23,25). The van der Waals surface area contributed by atoms with Crippen LogP contribution in [0.2, 0.25) is 0 Å². The number of aromatic nitrogens is 3. The van der Waals surface area contributed by atoms with Gasteiger partial charge in [-0.15, -0.1) is 0 Å². The van der Waals surface area contributed by atoms with Crippen LogP contribution < -0.4 is 0 Å². The third kappa shape index (κ3) is 4.37. The van der Waals surface area contributed by atoms with Gasteiger partial charge in [0.25, 0.3) is 0 Å². The van der Waals surface area contributed by atoms with Gasteiger partial charge in [-0.25, -0.2) is 14.8 Å². The van der Waals surface area contributed by atoms with Crippen LogP contribution in [-0.4, -0.2) is 38.1 Å². The molecule has 0 saturated carbocycles. The van der Waals surface area contributed by atoms with Gasteiger partial charge in [-0.1, -0.05) is 28.1 Å². The Morgan fingerprint density at radius 1 is 1.31 bits per heavy atom. The Kier molecular flexibility index (Phi) is 5.21. The van der Waals surface area contributed by atoms with Crippen LogP contribution in [0.25, 0.3) is 22.9 Å². The molecule has 3 heterocycles. The topological polar surface area (TPSA) is 84.2 Å². The van der Waals surface area contributed by atoms with E-state index in [2.05, 4.69) is 30.9 Å². The second-order valence-corrected chi connectivity index (χ2v) is 8.97. The summed E-state index contributed by atoms with van der Waals surface area (Å²) in [6, 6.07) is 7.70. The second kappa shape index (κ2) is 7.67. The molecule has 8 heteroatoms. The van der Waals surface area contributed by atoms with Crippen molar-refractivity contribution in [2.24, 2.45) is 0 Å². The highest BCUT2D eigenvalue weighted by molar-refractivity contribution is 9.10. The molecule has 1 amide bonds. The van der Waals surface area contributed by atoms with E-state index in [4.69, 9.17) is 9.15 Å². The number of ether oxygens (including phenoxy) is 1. The predicted octanol–water partition coefficient (Wildman–Crippen LogP) is 5.57. The number of hydrogen-bond acceptors (Lipinski definition) is 5. The summed E-state index contributed by atoms with van der Waals surface area (Å²) in [5.41, 5.74) is 1.08. The Labute approximate surface area is 177 Å². The van der Waals surface area contributed by atoms with E-state index >= 15 is 0 Å². The average molecular weight is 459 g/mol. The fraction of sp³-hybridized carbons (Fsp3) is 0.381. The van der Waals surface area contributed by atoms with Gasteiger partial charge in [0.1, 0.15) is 17.1 Å². The van der Waals surface area contributed by atoms with Gasteiger partial charge in [-0.3, -0.25) is 4.90 Å². The summed E-state index contributed by atoms with van der Waals surface area (Å²) in [6.45, 7) is 6.26. The lowest BCUT2D eigenvalue weighted by Crippen LogP contribution is -2.36. The van der Waals surface area contributed by atoms with Crippen LogP contribution in [-0.2, 0) is 4.74 Å². The predicted molar refractivity (Wildman–Crippen MR) is 112 cm³/mol. The van der Waals surface area contributed by atoms with Crippen LogP contribution in [0.3, 0.4) is 0 Å². The lowest BCUT2D eigenvalue weighted by molar-refractivity contribution is 0.0219. The largest absolute Gasteiger partial charge is 0.444 e. The molecule has 1 aromatic carbocycles. The Balaban J connectivity index is 1.53. The summed E-state index contributed by atoms with van der Waals surface area (Å²) < 4.78 is 12.4. The van der Waals surface area contributed by atoms with E-state index in [0.717, 1.165) is 22.9 Å². The lowest BCUT2D eigenvalue weighted by atomic mass is 10.2. The second-order valence-electron chi connectivity index (χ2n) is 8.05. The van der Waals surface area contributed by atoms with Gasteiger partial charge in [-0.05, 0) is 45.7 Å². The van der Waals surface area contributed by atoms with Crippen molar-refractivity contribution in [1.29, 1.82) is 0 Å². The summed E-state index contributed by atoms with van der Waals surface area (Å²) in [7, 11) is 0. The minimum Gasteiger partial charge on any atom is -0.444 e. The molecule has 1 unspecified atom stereocenters. The molecular formula is C21H23BrN4O3. The molecule has 0 spiro atoms. The number of aromatic amines is 1. The normalized spacial score (nSPS) is 17.0. The maximum Gasteiger partial charge on any atom is 0.410 e. The molecule has 1 aliphatic rings. The first-order valence-electron chi connectivity index (χ1n) is 9.57. The molecule has 1 fully saturated rings. The van der Waals surface area contributed by atoms with E-state index in [0.29, 0.717) is 29.7 Å². The summed E-state index contributed by atoms with van der Waals surface area (Å²) in [4.78, 5) is 26.4. The first kappa shape index (κ1) is 19.7. The number of hydrogen-bond donors (Lipinski definition) is 1. The average Bonchev–Trinajstić information content (AvgIpc) is 3.39. The van der Waals surface area contributed by atoms with Crippen LogP contribution in [0.1, 0.15) is 45.5 Å². The van der Waals surface area contributed by atoms with E-state index in [1.54, 1.807) is 17.3 Å². The number of amides is 1. The number of benzene rings is 1. The molecule has 0 radical (unpaired) electrons. The number of oxazole rings is 1. The van der Waals surface area contributed by atoms with Gasteiger partial charge in [0.2, 0.25) is 5.89 Å². The van der Waals surface area contributed by atoms with Crippen molar-refractivity contribution in [3.05, 3.63) is 47.0 Å². The van der Waals surface area contributed by atoms with Gasteiger partial charge >= 0.3 is 6.09 Å². The molecule has 0 bridgehead atoms. The number of H-pyrrole nitrogens is 1. The minimum absolute atomic E-state index is 0.141. The molecule has 1 aliphatic heterocycles. The quantitative estimate of drug-likeness (QED) is 0.554. The van der Waals surface area contributed by atoms with Gasteiger partial charge in [-0.2, -0.15) is 0 Å². The van der Waals surface area contributed by atoms with Crippen molar-refractivity contribution in [2.75, 3.05) is 6.54 Å². The molecule has 1 N–H and O–H groups in total. The van der Waals surface area contributed by atoms with Crippen molar-refractivity contribution in [1.82, 2.24) is 19.9 Å². The van der Waals surface area contributed by atoms with Crippen LogP contribution in [0.15, 0.2) is 45.5 Å². The number of imidazole rings is 1. The van der Waals surface area contributed by atoms with Crippen molar-refractivity contribution in [2.45, 2.75) is 45.3 Å². The summed E-state index contributed by atoms with van der Waals surface area (Å²) >= 11 is 3.47. The first-order chi connectivity index (χ1) is 13.8. The number of carbonyl (C=O) groups excluding carboxylic acids is 1. The Morgan fingerprint density at radius 2 is 2.14 bits per heavy atom. The maximum absolute atomic E-state index is 12.5. The highest BCUT2D eigenvalue weighted by Crippen LogP contribution is 2.33. The van der Waals surface area contributed by atoms with Gasteiger partial charge < -0.3 is 14.1 Å². The zero-order chi connectivity index (χ0) is 20.6. The van der Waals surface area contributed by atoms with Gasteiger partial charge in [0.05, 0.1) is 18.4 Å². The molecular weight excluding hydrogens is 436 g/mol. The SMILES string of the molecule is CC(C)(C)OC(=O)N1CCCC1c1ncc(-c2ncc(-c3cccc(Br)c3)o2)[nH]1. The molecule has 4 rings (SSSR count). The minimum atomic E-state index is -0.528. The molecule has 0 aliphatic carbocycles. The number of rotatable bonds is 3. The highest BCUT2D eigenvalue weighted by atomic mass is 79.9. The van der Waals surface area contributed by atoms with E-state index in [1.807, 2.05) is 45.0 Å². The van der Waals surface area contributed by atoms with Crippen molar-refractivity contribution in [3.8, 4) is 22.9 Å². The highest BCUT2D eigenvalue weighted by Gasteiger charge is 2.35. The third-order valence-electron chi connectivity index (χ3n) is 4.64. The summed E-state index contributed by atoms with van der Waals surface area (Å²) in [6.07, 6.45) is 4.82. The lowest BCUT2D eigenvalue weighted by Gasteiger charge is -2.27. The number of carbonyl (C=O) groups is 1. The molecule has 1 atom stereocenters. The molecule has 7 nitrogen and oxygen atoms in total. The molecule has 29 heavy (non-hydrogen) atoms. The Bertz CT molecular complexity index is 1020. The van der Waals surface area contributed by atoms with Crippen LogP contribution in [0.4, 0.5) is 4.79 Å². The fourth-order valence-electron chi connectivity index (χ4n) is 3.38. The summed E-state index contributed by atoms with van der Waals surface area (Å²) in [5, 5.41) is 0. The van der Waals surface area contributed by atoms with Crippen LogP contribution >= 0.6 is 15.9 Å². The van der Waals surface area contributed by atoms with Crippen molar-refractivity contribution in [3.63, 3.8) is 0 Å². The van der Waals surface area contributed by atoms with E-state index in [-0.39, 0.29) is 12.1 Å². The first-order valence-corrected chi connectivity index (χ1v) is 10.4. The number of nitrogens with zero attached hydrogens (tertiary/aromatic N) is 3. The van der Waals surface area contributed by atoms with Crippen molar-refractivity contribution >= 4 is 22.0 Å². The number of nitrogens with one attached hydrogen (secondary N) is 1. The number of likely N-dealkylation sites (tertiary alicyclic amines) is 1. The third-order valence-corrected chi connectivity index (χ3v) is 5.13. The fourth-order valence-corrected chi connectivity index (χ4v) is 3.78. The zero-order valence-corrected chi connectivity index (χ0v) is 18.2. The van der Waals surface area contributed by atoms with Gasteiger partial charge in [0.15, 0.2) is 5.76 Å². The number of halogens is 1. The van der Waals surface area contributed by atoms with Crippen molar-refractivity contribution < 1.29 is 13.9 Å². The zero-order valence-electron chi connectivity index (χ0n) is 16.6. The van der Waals surface area contributed by atoms with Crippen LogP contribution in [0, 0.1) is 0 Å². The van der Waals surface area contributed by atoms with Gasteiger partial charge in [0, 0.05) is 16.6 Å². The van der Waals surface area contributed by atoms with E-state index < -0.39 is 5.60 Å².